The molecule has 1 amide bonds. The Morgan fingerprint density at radius 3 is 2.71 bits per heavy atom. The van der Waals surface area contributed by atoms with Gasteiger partial charge in [0.05, 0.1) is 12.5 Å². The number of nitrogens with one attached hydrogen (secondary N) is 1. The van der Waals surface area contributed by atoms with Gasteiger partial charge in [0, 0.05) is 24.4 Å². The highest BCUT2D eigenvalue weighted by Gasteiger charge is 2.32. The summed E-state index contributed by atoms with van der Waals surface area (Å²) >= 11 is 6.10. The molecule has 1 aliphatic carbocycles. The first-order valence-corrected chi connectivity index (χ1v) is 7.21. The van der Waals surface area contributed by atoms with Crippen LogP contribution in [0.25, 0.3) is 0 Å². The molecule has 17 heavy (non-hydrogen) atoms. The number of halogens is 1. The molecule has 0 aromatic carbocycles. The third kappa shape index (κ3) is 3.35. The Labute approximate surface area is 108 Å². The molecule has 98 valence electrons. The molecule has 4 heteroatoms. The van der Waals surface area contributed by atoms with E-state index in [0.29, 0.717) is 12.5 Å². The van der Waals surface area contributed by atoms with Crippen LogP contribution in [0.2, 0.25) is 0 Å². The molecule has 1 heterocycles. The van der Waals surface area contributed by atoms with Gasteiger partial charge in [-0.25, -0.2) is 0 Å². The monoisotopic (exact) mass is 259 g/mol. The van der Waals surface area contributed by atoms with E-state index >= 15 is 0 Å². The molecule has 2 aliphatic rings. The van der Waals surface area contributed by atoms with Crippen LogP contribution in [0.3, 0.4) is 0 Å². The number of ether oxygens (including phenoxy) is 1. The van der Waals surface area contributed by atoms with Crippen molar-refractivity contribution < 1.29 is 9.53 Å². The van der Waals surface area contributed by atoms with Gasteiger partial charge >= 0.3 is 0 Å². The summed E-state index contributed by atoms with van der Waals surface area (Å²) in [6.07, 6.45) is 6.96. The summed E-state index contributed by atoms with van der Waals surface area (Å²) in [6, 6.07) is 0. The van der Waals surface area contributed by atoms with E-state index in [1.165, 1.54) is 19.3 Å². The maximum atomic E-state index is 11.9. The molecule has 1 saturated carbocycles. The van der Waals surface area contributed by atoms with Crippen molar-refractivity contribution in [1.82, 2.24) is 5.32 Å². The van der Waals surface area contributed by atoms with E-state index in [4.69, 9.17) is 16.3 Å². The van der Waals surface area contributed by atoms with Crippen LogP contribution >= 0.6 is 11.6 Å². The van der Waals surface area contributed by atoms with Crippen molar-refractivity contribution in [2.75, 3.05) is 25.6 Å². The van der Waals surface area contributed by atoms with Gasteiger partial charge in [-0.15, -0.1) is 11.6 Å². The van der Waals surface area contributed by atoms with Crippen molar-refractivity contribution in [2.45, 2.75) is 38.5 Å². The van der Waals surface area contributed by atoms with E-state index in [9.17, 15) is 4.79 Å². The molecule has 0 aromatic rings. The molecule has 0 bridgehead atoms. The fourth-order valence-corrected chi connectivity index (χ4v) is 3.18. The first kappa shape index (κ1) is 13.2. The van der Waals surface area contributed by atoms with Crippen LogP contribution < -0.4 is 5.32 Å². The van der Waals surface area contributed by atoms with Crippen LogP contribution in [0.15, 0.2) is 0 Å². The van der Waals surface area contributed by atoms with Gasteiger partial charge in [-0.2, -0.15) is 0 Å². The minimum Gasteiger partial charge on any atom is -0.381 e. The van der Waals surface area contributed by atoms with Gasteiger partial charge in [0.25, 0.3) is 0 Å². The number of hydrogen-bond acceptors (Lipinski definition) is 2. The van der Waals surface area contributed by atoms with Crippen LogP contribution in [0.4, 0.5) is 0 Å². The third-order valence-electron chi connectivity index (χ3n) is 4.14. The molecule has 1 atom stereocenters. The Morgan fingerprint density at radius 1 is 1.35 bits per heavy atom. The number of carbonyl (C=O) groups is 1. The van der Waals surface area contributed by atoms with Gasteiger partial charge in [0.2, 0.25) is 5.91 Å². The lowest BCUT2D eigenvalue weighted by atomic mass is 9.75. The Morgan fingerprint density at radius 2 is 2.12 bits per heavy atom. The molecular formula is C13H22ClNO2. The third-order valence-corrected chi connectivity index (χ3v) is 4.70. The predicted molar refractivity (Wildman–Crippen MR) is 68.2 cm³/mol. The van der Waals surface area contributed by atoms with Crippen molar-refractivity contribution >= 4 is 17.5 Å². The van der Waals surface area contributed by atoms with Crippen LogP contribution in [0.1, 0.15) is 38.5 Å². The molecule has 1 N–H and O–H groups in total. The van der Waals surface area contributed by atoms with Crippen LogP contribution in [-0.4, -0.2) is 31.5 Å². The predicted octanol–water partition coefficient (Wildman–Crippen LogP) is 2.33. The minimum absolute atomic E-state index is 0.0611. The first-order valence-electron chi connectivity index (χ1n) is 6.67. The quantitative estimate of drug-likeness (QED) is 0.787. The topological polar surface area (TPSA) is 38.3 Å². The second-order valence-electron chi connectivity index (χ2n) is 5.47. The fraction of sp³-hybridized carbons (Fsp3) is 0.923. The second kappa shape index (κ2) is 6.05. The highest BCUT2D eigenvalue weighted by Crippen LogP contribution is 2.36. The number of rotatable bonds is 4. The maximum Gasteiger partial charge on any atom is 0.225 e. The molecule has 3 nitrogen and oxygen atoms in total. The highest BCUT2D eigenvalue weighted by molar-refractivity contribution is 6.18. The zero-order chi connectivity index (χ0) is 12.1. The Hall–Kier alpha value is -0.280. The van der Waals surface area contributed by atoms with E-state index in [2.05, 4.69) is 5.32 Å². The molecule has 0 spiro atoms. The SMILES string of the molecule is O=C(NCC1(CCl)CCCCC1)C1CCOC1. The summed E-state index contributed by atoms with van der Waals surface area (Å²) in [7, 11) is 0. The first-order chi connectivity index (χ1) is 8.26. The lowest BCUT2D eigenvalue weighted by Gasteiger charge is -2.35. The van der Waals surface area contributed by atoms with Gasteiger partial charge in [-0.3, -0.25) is 4.79 Å². The molecular weight excluding hydrogens is 238 g/mol. The van der Waals surface area contributed by atoms with E-state index in [-0.39, 0.29) is 17.2 Å². The summed E-state index contributed by atoms with van der Waals surface area (Å²) in [5.74, 6) is 0.873. The molecule has 1 unspecified atom stereocenters. The average molecular weight is 260 g/mol. The van der Waals surface area contributed by atoms with Crippen LogP contribution in [-0.2, 0) is 9.53 Å². The molecule has 1 aliphatic heterocycles. The number of alkyl halides is 1. The van der Waals surface area contributed by atoms with Gasteiger partial charge in [-0.1, -0.05) is 19.3 Å². The van der Waals surface area contributed by atoms with Crippen molar-refractivity contribution in [1.29, 1.82) is 0 Å². The van der Waals surface area contributed by atoms with E-state index in [0.717, 1.165) is 32.4 Å². The summed E-state index contributed by atoms with van der Waals surface area (Å²) in [4.78, 5) is 11.9. The van der Waals surface area contributed by atoms with Crippen molar-refractivity contribution in [3.8, 4) is 0 Å². The zero-order valence-electron chi connectivity index (χ0n) is 10.3. The Bertz CT molecular complexity index is 258. The normalized spacial score (nSPS) is 27.9. The van der Waals surface area contributed by atoms with Gasteiger partial charge in [-0.05, 0) is 19.3 Å². The summed E-state index contributed by atoms with van der Waals surface area (Å²) in [6.45, 7) is 2.05. The van der Waals surface area contributed by atoms with Gasteiger partial charge in [0.15, 0.2) is 0 Å². The lowest BCUT2D eigenvalue weighted by molar-refractivity contribution is -0.125. The van der Waals surface area contributed by atoms with E-state index in [1.807, 2.05) is 0 Å². The standard InChI is InChI=1S/C13H22ClNO2/c14-9-13(5-2-1-3-6-13)10-15-12(16)11-4-7-17-8-11/h11H,1-10H2,(H,15,16). The summed E-state index contributed by atoms with van der Waals surface area (Å²) < 4.78 is 5.23. The minimum atomic E-state index is 0.0611. The van der Waals surface area contributed by atoms with Crippen LogP contribution in [0.5, 0.6) is 0 Å². The van der Waals surface area contributed by atoms with Gasteiger partial charge < -0.3 is 10.1 Å². The van der Waals surface area contributed by atoms with Crippen LogP contribution in [0, 0.1) is 11.3 Å². The fourth-order valence-electron chi connectivity index (χ4n) is 2.82. The van der Waals surface area contributed by atoms with E-state index < -0.39 is 0 Å². The van der Waals surface area contributed by atoms with Crippen molar-refractivity contribution in [3.63, 3.8) is 0 Å². The van der Waals surface area contributed by atoms with Crippen molar-refractivity contribution in [2.24, 2.45) is 11.3 Å². The number of hydrogen-bond donors (Lipinski definition) is 1. The molecule has 2 fully saturated rings. The zero-order valence-corrected chi connectivity index (χ0v) is 11.1. The smallest absolute Gasteiger partial charge is 0.225 e. The lowest BCUT2D eigenvalue weighted by Crippen LogP contribution is -2.42. The number of amides is 1. The molecule has 1 saturated heterocycles. The molecule has 0 aromatic heterocycles. The Kier molecular flexibility index (Phi) is 4.69. The maximum absolute atomic E-state index is 11.9. The molecule has 2 rings (SSSR count). The molecule has 0 radical (unpaired) electrons. The summed E-state index contributed by atoms with van der Waals surface area (Å²) in [5, 5.41) is 3.08. The summed E-state index contributed by atoms with van der Waals surface area (Å²) in [5.41, 5.74) is 0.148. The van der Waals surface area contributed by atoms with Gasteiger partial charge in [0.1, 0.15) is 0 Å². The Balaban J connectivity index is 1.80. The number of carbonyl (C=O) groups excluding carboxylic acids is 1. The van der Waals surface area contributed by atoms with E-state index in [1.54, 1.807) is 0 Å². The largest absolute Gasteiger partial charge is 0.381 e. The average Bonchev–Trinajstić information content (AvgIpc) is 2.91. The second-order valence-corrected chi connectivity index (χ2v) is 5.74. The van der Waals surface area contributed by atoms with Crippen molar-refractivity contribution in [3.05, 3.63) is 0 Å². The highest BCUT2D eigenvalue weighted by atomic mass is 35.5.